The van der Waals surface area contributed by atoms with Crippen molar-refractivity contribution in [3.05, 3.63) is 30.1 Å². The predicted octanol–water partition coefficient (Wildman–Crippen LogP) is 2.34. The van der Waals surface area contributed by atoms with E-state index in [0.29, 0.717) is 31.0 Å². The molecule has 2 rings (SSSR count). The molecule has 6 heteroatoms. The lowest BCUT2D eigenvalue weighted by atomic mass is 9.61. The molecule has 0 aliphatic heterocycles. The number of anilines is 1. The van der Waals surface area contributed by atoms with E-state index < -0.39 is 11.2 Å². The monoisotopic (exact) mass is 293 g/mol. The minimum Gasteiger partial charge on any atom is -0.409 e. The third kappa shape index (κ3) is 2.57. The Labute approximate surface area is 123 Å². The fraction of sp³-hybridized carbons (Fsp3) is 0.467. The Kier molecular flexibility index (Phi) is 4.16. The first-order chi connectivity index (χ1) is 9.94. The van der Waals surface area contributed by atoms with Gasteiger partial charge in [0.25, 0.3) is 0 Å². The van der Waals surface area contributed by atoms with Crippen LogP contribution in [0.3, 0.4) is 0 Å². The van der Waals surface area contributed by atoms with Crippen molar-refractivity contribution in [2.45, 2.75) is 26.7 Å². The normalized spacial score (nSPS) is 25.3. The van der Waals surface area contributed by atoms with Gasteiger partial charge in [0.1, 0.15) is 11.2 Å². The molecule has 1 aromatic rings. The highest BCUT2D eigenvalue weighted by molar-refractivity contribution is 6.13. The van der Waals surface area contributed by atoms with Gasteiger partial charge in [-0.3, -0.25) is 4.79 Å². The summed E-state index contributed by atoms with van der Waals surface area (Å²) in [5.74, 6) is -0.386. The first kappa shape index (κ1) is 15.3. The predicted molar refractivity (Wildman–Crippen MR) is 78.7 cm³/mol. The van der Waals surface area contributed by atoms with E-state index in [0.717, 1.165) is 0 Å². The molecule has 21 heavy (non-hydrogen) atoms. The van der Waals surface area contributed by atoms with Gasteiger partial charge in [0, 0.05) is 12.2 Å². The van der Waals surface area contributed by atoms with Gasteiger partial charge in [-0.05, 0) is 43.9 Å². The molecule has 0 bridgehead atoms. The number of halogens is 1. The molecule has 1 aromatic carbocycles. The number of carbonyl (C=O) groups excluding carboxylic acids is 1. The molecular weight excluding hydrogens is 273 g/mol. The summed E-state index contributed by atoms with van der Waals surface area (Å²) in [6.45, 7) is 4.21. The maximum absolute atomic E-state index is 13.4. The van der Waals surface area contributed by atoms with Crippen molar-refractivity contribution < 1.29 is 14.4 Å². The summed E-state index contributed by atoms with van der Waals surface area (Å²) in [4.78, 5) is 14.3. The molecule has 1 amide bonds. The van der Waals surface area contributed by atoms with Crippen LogP contribution in [0, 0.1) is 17.2 Å². The number of hydrogen-bond donors (Lipinski definition) is 2. The van der Waals surface area contributed by atoms with Gasteiger partial charge < -0.3 is 15.8 Å². The van der Waals surface area contributed by atoms with Crippen LogP contribution in [0.15, 0.2) is 29.4 Å². The smallest absolute Gasteiger partial charge is 0.240 e. The van der Waals surface area contributed by atoms with Crippen molar-refractivity contribution in [1.29, 1.82) is 0 Å². The second-order valence-corrected chi connectivity index (χ2v) is 5.61. The second kappa shape index (κ2) is 5.71. The van der Waals surface area contributed by atoms with E-state index in [1.54, 1.807) is 12.1 Å². The molecule has 3 N–H and O–H groups in total. The first-order valence-electron chi connectivity index (χ1n) is 7.00. The summed E-state index contributed by atoms with van der Waals surface area (Å²) in [5.41, 5.74) is 5.26. The van der Waals surface area contributed by atoms with Crippen molar-refractivity contribution >= 4 is 17.4 Å². The highest BCUT2D eigenvalue weighted by atomic mass is 19.1. The van der Waals surface area contributed by atoms with Crippen LogP contribution in [0.1, 0.15) is 26.7 Å². The van der Waals surface area contributed by atoms with Gasteiger partial charge in [-0.15, -0.1) is 0 Å². The lowest BCUT2D eigenvalue weighted by Gasteiger charge is -2.46. The van der Waals surface area contributed by atoms with Gasteiger partial charge in [0.15, 0.2) is 5.84 Å². The van der Waals surface area contributed by atoms with E-state index in [1.165, 1.54) is 17.0 Å². The van der Waals surface area contributed by atoms with E-state index in [9.17, 15) is 9.18 Å². The highest BCUT2D eigenvalue weighted by Crippen LogP contribution is 2.47. The molecular formula is C15H20FN3O2. The largest absolute Gasteiger partial charge is 0.409 e. The van der Waals surface area contributed by atoms with Crippen molar-refractivity contribution in [2.75, 3.05) is 11.4 Å². The quantitative estimate of drug-likeness (QED) is 0.387. The Balaban J connectivity index is 2.35. The number of nitrogens with two attached hydrogens (primary N) is 1. The zero-order valence-corrected chi connectivity index (χ0v) is 12.2. The minimum atomic E-state index is -0.976. The van der Waals surface area contributed by atoms with E-state index in [4.69, 9.17) is 10.9 Å². The standard InChI is InChI=1S/C15H20FN3O2/c1-3-19(12-6-4-5-11(16)7-12)14(20)15(13(17)18-21)8-10(2)9-15/h4-7,10,21H,3,8-9H2,1-2H3,(H2,17,18). The van der Waals surface area contributed by atoms with Gasteiger partial charge in [-0.2, -0.15) is 0 Å². The van der Waals surface area contributed by atoms with Gasteiger partial charge in [0.2, 0.25) is 5.91 Å². The zero-order valence-electron chi connectivity index (χ0n) is 12.2. The van der Waals surface area contributed by atoms with E-state index in [-0.39, 0.29) is 11.7 Å². The number of carbonyl (C=O) groups is 1. The third-order valence-electron chi connectivity index (χ3n) is 4.08. The summed E-state index contributed by atoms with van der Waals surface area (Å²) >= 11 is 0. The number of benzene rings is 1. The average Bonchev–Trinajstić information content (AvgIpc) is 2.43. The van der Waals surface area contributed by atoms with Crippen molar-refractivity contribution in [1.82, 2.24) is 0 Å². The molecule has 5 nitrogen and oxygen atoms in total. The molecule has 1 saturated carbocycles. The molecule has 0 aromatic heterocycles. The van der Waals surface area contributed by atoms with Crippen LogP contribution in [0.25, 0.3) is 0 Å². The molecule has 0 unspecified atom stereocenters. The molecule has 0 atom stereocenters. The SMILES string of the molecule is CCN(C(=O)C1(/C(N)=N/O)CC(C)C1)c1cccc(F)c1. The highest BCUT2D eigenvalue weighted by Gasteiger charge is 2.53. The topological polar surface area (TPSA) is 78.9 Å². The van der Waals surface area contributed by atoms with Crippen LogP contribution in [0.5, 0.6) is 0 Å². The van der Waals surface area contributed by atoms with E-state index in [2.05, 4.69) is 5.16 Å². The van der Waals surface area contributed by atoms with E-state index in [1.807, 2.05) is 13.8 Å². The summed E-state index contributed by atoms with van der Waals surface area (Å²) in [6, 6.07) is 5.86. The zero-order chi connectivity index (χ0) is 15.6. The molecule has 0 heterocycles. The number of nitrogens with zero attached hydrogens (tertiary/aromatic N) is 2. The molecule has 1 aliphatic rings. The minimum absolute atomic E-state index is 0.0690. The second-order valence-electron chi connectivity index (χ2n) is 5.61. The molecule has 0 spiro atoms. The number of amides is 1. The lowest BCUT2D eigenvalue weighted by molar-refractivity contribution is -0.130. The summed E-state index contributed by atoms with van der Waals surface area (Å²) < 4.78 is 13.4. The fourth-order valence-electron chi connectivity index (χ4n) is 3.06. The number of amidine groups is 1. The van der Waals surface area contributed by atoms with Gasteiger partial charge in [0.05, 0.1) is 0 Å². The number of rotatable bonds is 4. The Morgan fingerprint density at radius 3 is 2.71 bits per heavy atom. The molecule has 1 fully saturated rings. The maximum Gasteiger partial charge on any atom is 0.240 e. The maximum atomic E-state index is 13.4. The van der Waals surface area contributed by atoms with Gasteiger partial charge in [-0.1, -0.05) is 18.1 Å². The summed E-state index contributed by atoms with van der Waals surface area (Å²) in [6.07, 6.45) is 1.07. The van der Waals surface area contributed by atoms with Gasteiger partial charge in [-0.25, -0.2) is 4.39 Å². The van der Waals surface area contributed by atoms with Crippen LogP contribution >= 0.6 is 0 Å². The molecule has 1 aliphatic carbocycles. The number of hydrogen-bond acceptors (Lipinski definition) is 3. The van der Waals surface area contributed by atoms with Crippen molar-refractivity contribution in [2.24, 2.45) is 22.2 Å². The van der Waals surface area contributed by atoms with E-state index >= 15 is 0 Å². The van der Waals surface area contributed by atoms with Crippen LogP contribution in [-0.2, 0) is 4.79 Å². The Morgan fingerprint density at radius 2 is 2.24 bits per heavy atom. The Hall–Kier alpha value is -2.11. The molecule has 0 saturated heterocycles. The summed E-state index contributed by atoms with van der Waals surface area (Å²) in [7, 11) is 0. The van der Waals surface area contributed by atoms with Crippen LogP contribution in [-0.4, -0.2) is 23.5 Å². The third-order valence-corrected chi connectivity index (χ3v) is 4.08. The Bertz CT molecular complexity index is 568. The van der Waals surface area contributed by atoms with Crippen molar-refractivity contribution in [3.8, 4) is 0 Å². The summed E-state index contributed by atoms with van der Waals surface area (Å²) in [5, 5.41) is 12.0. The van der Waals surface area contributed by atoms with Gasteiger partial charge >= 0.3 is 0 Å². The fourth-order valence-corrected chi connectivity index (χ4v) is 3.06. The average molecular weight is 293 g/mol. The van der Waals surface area contributed by atoms with Crippen LogP contribution in [0.2, 0.25) is 0 Å². The van der Waals surface area contributed by atoms with Crippen LogP contribution < -0.4 is 10.6 Å². The van der Waals surface area contributed by atoms with Crippen molar-refractivity contribution in [3.63, 3.8) is 0 Å². The van der Waals surface area contributed by atoms with Crippen LogP contribution in [0.4, 0.5) is 10.1 Å². The first-order valence-corrected chi connectivity index (χ1v) is 7.00. The number of oxime groups is 1. The Morgan fingerprint density at radius 1 is 1.57 bits per heavy atom. The molecule has 0 radical (unpaired) electrons. The molecule has 114 valence electrons. The lowest BCUT2D eigenvalue weighted by Crippen LogP contribution is -2.58.